The molecule has 2 aromatic rings. The zero-order valence-corrected chi connectivity index (χ0v) is 12.9. The van der Waals surface area contributed by atoms with Gasteiger partial charge in [0.05, 0.1) is 12.1 Å². The van der Waals surface area contributed by atoms with E-state index in [1.165, 1.54) is 5.56 Å². The Morgan fingerprint density at radius 1 is 1.32 bits per heavy atom. The van der Waals surface area contributed by atoms with Crippen molar-refractivity contribution >= 4 is 5.91 Å². The van der Waals surface area contributed by atoms with Crippen molar-refractivity contribution in [2.24, 2.45) is 0 Å². The number of ether oxygens (including phenoxy) is 1. The van der Waals surface area contributed by atoms with Gasteiger partial charge < -0.3 is 14.6 Å². The fourth-order valence-corrected chi connectivity index (χ4v) is 2.91. The molecular formula is C18H22N2O2. The molecule has 0 radical (unpaired) electrons. The lowest BCUT2D eigenvalue weighted by atomic mass is 10.1. The van der Waals surface area contributed by atoms with Gasteiger partial charge in [-0.25, -0.2) is 0 Å². The maximum Gasteiger partial charge on any atom is 0.268 e. The van der Waals surface area contributed by atoms with Crippen molar-refractivity contribution in [3.8, 4) is 0 Å². The van der Waals surface area contributed by atoms with Crippen molar-refractivity contribution in [3.63, 3.8) is 0 Å². The number of carbonyl (C=O) groups is 1. The van der Waals surface area contributed by atoms with Gasteiger partial charge in [-0.1, -0.05) is 30.3 Å². The molecule has 2 heterocycles. The normalized spacial score (nSPS) is 19.0. The van der Waals surface area contributed by atoms with Crippen molar-refractivity contribution in [1.82, 2.24) is 9.88 Å². The summed E-state index contributed by atoms with van der Waals surface area (Å²) < 4.78 is 7.62. The highest BCUT2D eigenvalue weighted by atomic mass is 16.5. The molecule has 1 aromatic carbocycles. The van der Waals surface area contributed by atoms with Gasteiger partial charge in [0.2, 0.25) is 0 Å². The van der Waals surface area contributed by atoms with Gasteiger partial charge in [-0.2, -0.15) is 0 Å². The highest BCUT2D eigenvalue weighted by molar-refractivity contribution is 5.93. The number of nitrogens with one attached hydrogen (secondary N) is 1. The second-order valence-electron chi connectivity index (χ2n) is 5.82. The predicted molar refractivity (Wildman–Crippen MR) is 85.9 cm³/mol. The largest absolute Gasteiger partial charge is 0.376 e. The van der Waals surface area contributed by atoms with Crippen LogP contribution in [-0.4, -0.2) is 29.2 Å². The van der Waals surface area contributed by atoms with Gasteiger partial charge in [0, 0.05) is 19.3 Å². The van der Waals surface area contributed by atoms with Crippen molar-refractivity contribution in [1.29, 1.82) is 0 Å². The SMILES string of the molecule is C[C@H](NC(=O)c1cccn1Cc1ccccc1)[C@H]1CCCO1. The first-order valence-corrected chi connectivity index (χ1v) is 7.85. The Balaban J connectivity index is 1.67. The number of nitrogens with zero attached hydrogens (tertiary/aromatic N) is 1. The van der Waals surface area contributed by atoms with E-state index in [4.69, 9.17) is 4.74 Å². The Hall–Kier alpha value is -2.07. The van der Waals surface area contributed by atoms with Gasteiger partial charge >= 0.3 is 0 Å². The molecule has 2 atom stereocenters. The second kappa shape index (κ2) is 6.79. The van der Waals surface area contributed by atoms with Gasteiger partial charge in [0.25, 0.3) is 5.91 Å². The highest BCUT2D eigenvalue weighted by Crippen LogP contribution is 2.16. The van der Waals surface area contributed by atoms with Crippen molar-refractivity contribution in [2.75, 3.05) is 6.61 Å². The van der Waals surface area contributed by atoms with E-state index in [0.29, 0.717) is 12.2 Å². The van der Waals surface area contributed by atoms with Crippen LogP contribution in [0.15, 0.2) is 48.7 Å². The molecule has 3 rings (SSSR count). The highest BCUT2D eigenvalue weighted by Gasteiger charge is 2.24. The minimum absolute atomic E-state index is 0.0371. The smallest absolute Gasteiger partial charge is 0.268 e. The lowest BCUT2D eigenvalue weighted by Gasteiger charge is -2.20. The van der Waals surface area contributed by atoms with Crippen LogP contribution in [0.2, 0.25) is 0 Å². The lowest BCUT2D eigenvalue weighted by Crippen LogP contribution is -2.41. The van der Waals surface area contributed by atoms with E-state index in [-0.39, 0.29) is 18.1 Å². The molecule has 1 fully saturated rings. The average Bonchev–Trinajstić information content (AvgIpc) is 3.19. The summed E-state index contributed by atoms with van der Waals surface area (Å²) in [5.41, 5.74) is 1.87. The molecule has 1 N–H and O–H groups in total. The summed E-state index contributed by atoms with van der Waals surface area (Å²) in [6.07, 6.45) is 4.18. The monoisotopic (exact) mass is 298 g/mol. The second-order valence-corrected chi connectivity index (χ2v) is 5.82. The molecule has 1 saturated heterocycles. The maximum absolute atomic E-state index is 12.5. The quantitative estimate of drug-likeness (QED) is 0.922. The van der Waals surface area contributed by atoms with Gasteiger partial charge in [-0.3, -0.25) is 4.79 Å². The van der Waals surface area contributed by atoms with E-state index < -0.39 is 0 Å². The van der Waals surface area contributed by atoms with E-state index in [9.17, 15) is 4.79 Å². The molecule has 4 nitrogen and oxygen atoms in total. The first kappa shape index (κ1) is 14.9. The van der Waals surface area contributed by atoms with Gasteiger partial charge in [-0.05, 0) is 37.5 Å². The lowest BCUT2D eigenvalue weighted by molar-refractivity contribution is 0.0707. The van der Waals surface area contributed by atoms with Gasteiger partial charge in [0.1, 0.15) is 5.69 Å². The summed E-state index contributed by atoms with van der Waals surface area (Å²) in [4.78, 5) is 12.5. The summed E-state index contributed by atoms with van der Waals surface area (Å²) in [5.74, 6) is -0.0380. The fourth-order valence-electron chi connectivity index (χ4n) is 2.91. The summed E-state index contributed by atoms with van der Waals surface area (Å²) >= 11 is 0. The summed E-state index contributed by atoms with van der Waals surface area (Å²) in [7, 11) is 0. The average molecular weight is 298 g/mol. The van der Waals surface area contributed by atoms with Crippen LogP contribution in [0, 0.1) is 0 Å². The number of hydrogen-bond donors (Lipinski definition) is 1. The van der Waals surface area contributed by atoms with Crippen LogP contribution in [0.25, 0.3) is 0 Å². The molecule has 1 amide bonds. The van der Waals surface area contributed by atoms with Crippen LogP contribution in [0.5, 0.6) is 0 Å². The van der Waals surface area contributed by atoms with Gasteiger partial charge in [0.15, 0.2) is 0 Å². The van der Waals surface area contributed by atoms with E-state index in [2.05, 4.69) is 17.4 Å². The van der Waals surface area contributed by atoms with E-state index in [0.717, 1.165) is 19.4 Å². The van der Waals surface area contributed by atoms with Crippen LogP contribution in [-0.2, 0) is 11.3 Å². The van der Waals surface area contributed by atoms with E-state index in [1.54, 1.807) is 0 Å². The number of aromatic nitrogens is 1. The molecule has 0 spiro atoms. The standard InChI is InChI=1S/C18H22N2O2/c1-14(17-10-6-12-22-17)19-18(21)16-9-5-11-20(16)13-15-7-3-2-4-8-15/h2-5,7-9,11,14,17H,6,10,12-13H2,1H3,(H,19,21)/t14-,17+/m0/s1. The topological polar surface area (TPSA) is 43.3 Å². The zero-order valence-electron chi connectivity index (χ0n) is 12.9. The molecular weight excluding hydrogens is 276 g/mol. The Bertz CT molecular complexity index is 615. The molecule has 116 valence electrons. The van der Waals surface area contributed by atoms with Crippen LogP contribution >= 0.6 is 0 Å². The number of carbonyl (C=O) groups excluding carboxylic acids is 1. The first-order valence-electron chi connectivity index (χ1n) is 7.85. The molecule has 1 aromatic heterocycles. The van der Waals surface area contributed by atoms with Crippen LogP contribution in [0.1, 0.15) is 35.8 Å². The van der Waals surface area contributed by atoms with Crippen LogP contribution in [0.3, 0.4) is 0 Å². The molecule has 1 aliphatic heterocycles. The molecule has 1 aliphatic rings. The number of benzene rings is 1. The third-order valence-corrected chi connectivity index (χ3v) is 4.14. The van der Waals surface area contributed by atoms with E-state index in [1.807, 2.05) is 48.0 Å². The van der Waals surface area contributed by atoms with Crippen molar-refractivity contribution in [3.05, 3.63) is 59.9 Å². The minimum Gasteiger partial charge on any atom is -0.376 e. The Morgan fingerprint density at radius 3 is 2.86 bits per heavy atom. The molecule has 0 aliphatic carbocycles. The summed E-state index contributed by atoms with van der Waals surface area (Å²) in [6, 6.07) is 14.0. The number of amides is 1. The number of hydrogen-bond acceptors (Lipinski definition) is 2. The van der Waals surface area contributed by atoms with E-state index >= 15 is 0 Å². The zero-order chi connectivity index (χ0) is 15.4. The molecule has 0 unspecified atom stereocenters. The predicted octanol–water partition coefficient (Wildman–Crippen LogP) is 2.83. The first-order chi connectivity index (χ1) is 10.7. The maximum atomic E-state index is 12.5. The van der Waals surface area contributed by atoms with Gasteiger partial charge in [-0.15, -0.1) is 0 Å². The third-order valence-electron chi connectivity index (χ3n) is 4.14. The fraction of sp³-hybridized carbons (Fsp3) is 0.389. The molecule has 4 heteroatoms. The van der Waals surface area contributed by atoms with Crippen LogP contribution in [0.4, 0.5) is 0 Å². The minimum atomic E-state index is -0.0380. The summed E-state index contributed by atoms with van der Waals surface area (Å²) in [6.45, 7) is 3.51. The third kappa shape index (κ3) is 3.39. The Morgan fingerprint density at radius 2 is 2.14 bits per heavy atom. The molecule has 0 bridgehead atoms. The Kier molecular flexibility index (Phi) is 4.59. The summed E-state index contributed by atoms with van der Waals surface area (Å²) in [5, 5.41) is 3.07. The Labute approximate surface area is 131 Å². The number of rotatable bonds is 5. The molecule has 0 saturated carbocycles. The molecule has 22 heavy (non-hydrogen) atoms. The van der Waals surface area contributed by atoms with Crippen LogP contribution < -0.4 is 5.32 Å². The van der Waals surface area contributed by atoms with Crippen molar-refractivity contribution < 1.29 is 9.53 Å². The van der Waals surface area contributed by atoms with Crippen molar-refractivity contribution in [2.45, 2.75) is 38.5 Å².